The van der Waals surface area contributed by atoms with Crippen LogP contribution in [0.15, 0.2) is 12.2 Å². The van der Waals surface area contributed by atoms with Crippen molar-refractivity contribution in [3.8, 4) is 0 Å². The van der Waals surface area contributed by atoms with E-state index >= 15 is 0 Å². The number of ether oxygens (including phenoxy) is 1. The zero-order valence-corrected chi connectivity index (χ0v) is 7.06. The molecule has 0 spiro atoms. The molecule has 3 heteroatoms. The molecular weight excluding hydrogens is 158 g/mol. The third-order valence-electron chi connectivity index (χ3n) is 2.30. The second-order valence-corrected chi connectivity index (χ2v) is 3.42. The summed E-state index contributed by atoms with van der Waals surface area (Å²) in [4.78, 5) is 0. The van der Waals surface area contributed by atoms with Crippen LogP contribution in [0.1, 0.15) is 12.8 Å². The van der Waals surface area contributed by atoms with Crippen molar-refractivity contribution in [2.24, 2.45) is 5.92 Å². The maximum Gasteiger partial charge on any atom is 0.256 e. The quantitative estimate of drug-likeness (QED) is 0.435. The van der Waals surface area contributed by atoms with Gasteiger partial charge in [0, 0.05) is 12.0 Å². The Morgan fingerprint density at radius 1 is 1.45 bits per heavy atom. The highest BCUT2D eigenvalue weighted by atomic mass is 32.1. The molecule has 0 saturated carbocycles. The molecule has 0 amide bonds. The summed E-state index contributed by atoms with van der Waals surface area (Å²) in [5.74, 6) is 0.631. The molecule has 0 aromatic rings. The minimum Gasteiger partial charge on any atom is -0.471 e. The van der Waals surface area contributed by atoms with Crippen LogP contribution in [-0.2, 0) is 4.74 Å². The van der Waals surface area contributed by atoms with Crippen LogP contribution in [0.4, 0.5) is 0 Å². The second-order valence-electron chi connectivity index (χ2n) is 3.05. The number of fused-ring (bicyclic) bond motifs is 1. The van der Waals surface area contributed by atoms with Crippen LogP contribution in [0.3, 0.4) is 0 Å². The van der Waals surface area contributed by atoms with E-state index in [0.29, 0.717) is 17.1 Å². The third kappa shape index (κ3) is 1.38. The fourth-order valence-corrected chi connectivity index (χ4v) is 1.83. The largest absolute Gasteiger partial charge is 0.471 e. The minimum atomic E-state index is 0.529. The van der Waals surface area contributed by atoms with Crippen molar-refractivity contribution in [1.82, 2.24) is 5.32 Å². The lowest BCUT2D eigenvalue weighted by atomic mass is 9.89. The Balaban J connectivity index is 2.06. The minimum absolute atomic E-state index is 0.529. The molecule has 1 heterocycles. The predicted molar refractivity (Wildman–Crippen MR) is 47.3 cm³/mol. The summed E-state index contributed by atoms with van der Waals surface area (Å²) in [5, 5.41) is 3.75. The summed E-state index contributed by atoms with van der Waals surface area (Å²) in [6.45, 7) is 0.792. The van der Waals surface area contributed by atoms with Gasteiger partial charge in [-0.1, -0.05) is 12.2 Å². The lowest BCUT2D eigenvalue weighted by Gasteiger charge is -2.34. The first-order valence-corrected chi connectivity index (χ1v) is 4.35. The summed E-state index contributed by atoms with van der Waals surface area (Å²) in [6, 6.07) is 0.529. The summed E-state index contributed by atoms with van der Waals surface area (Å²) in [6.07, 6.45) is 6.65. The average Bonchev–Trinajstić information content (AvgIpc) is 2.04. The van der Waals surface area contributed by atoms with Gasteiger partial charge in [-0.05, 0) is 25.1 Å². The molecule has 0 radical (unpaired) electrons. The first-order valence-electron chi connectivity index (χ1n) is 3.94. The van der Waals surface area contributed by atoms with Gasteiger partial charge in [0.15, 0.2) is 0 Å². The van der Waals surface area contributed by atoms with Crippen molar-refractivity contribution in [2.45, 2.75) is 18.9 Å². The molecule has 0 bridgehead atoms. The molecular formula is C8H11NOS. The molecule has 0 aromatic heterocycles. The van der Waals surface area contributed by atoms with Gasteiger partial charge in [0.1, 0.15) is 0 Å². The van der Waals surface area contributed by atoms with Gasteiger partial charge in [-0.15, -0.1) is 0 Å². The van der Waals surface area contributed by atoms with Crippen LogP contribution in [0.2, 0.25) is 0 Å². The van der Waals surface area contributed by atoms with E-state index in [1.807, 2.05) is 0 Å². The van der Waals surface area contributed by atoms with Gasteiger partial charge in [0.05, 0.1) is 6.61 Å². The highest BCUT2D eigenvalue weighted by Gasteiger charge is 2.27. The molecule has 0 unspecified atom stereocenters. The van der Waals surface area contributed by atoms with E-state index in [0.717, 1.165) is 19.4 Å². The maximum absolute atomic E-state index is 5.23. The van der Waals surface area contributed by atoms with Crippen molar-refractivity contribution >= 4 is 17.4 Å². The molecule has 1 aliphatic carbocycles. The zero-order valence-electron chi connectivity index (χ0n) is 6.25. The standard InChI is InChI=1S/C8H11NOS/c11-8-9-7-4-2-1-3-6(7)5-10-8/h1-2,6-7H,3-5H2,(H,9,11)/t6-,7-/m0/s1. The molecule has 2 nitrogen and oxygen atoms in total. The first-order chi connectivity index (χ1) is 5.36. The van der Waals surface area contributed by atoms with Crippen LogP contribution in [0, 0.1) is 5.92 Å². The molecule has 2 atom stereocenters. The molecule has 1 fully saturated rings. The van der Waals surface area contributed by atoms with Crippen LogP contribution < -0.4 is 5.32 Å². The van der Waals surface area contributed by atoms with E-state index in [2.05, 4.69) is 17.5 Å². The number of thiocarbonyl (C=S) groups is 1. The highest BCUT2D eigenvalue weighted by Crippen LogP contribution is 2.22. The maximum atomic E-state index is 5.23. The Labute approximate surface area is 71.6 Å². The summed E-state index contributed by atoms with van der Waals surface area (Å²) in [5.41, 5.74) is 0. The Morgan fingerprint density at radius 3 is 3.18 bits per heavy atom. The fourth-order valence-electron chi connectivity index (χ4n) is 1.61. The summed E-state index contributed by atoms with van der Waals surface area (Å²) in [7, 11) is 0. The van der Waals surface area contributed by atoms with Crippen LogP contribution >= 0.6 is 12.2 Å². The van der Waals surface area contributed by atoms with E-state index in [1.165, 1.54) is 0 Å². The monoisotopic (exact) mass is 169 g/mol. The van der Waals surface area contributed by atoms with Crippen LogP contribution in [0.5, 0.6) is 0 Å². The molecule has 1 saturated heterocycles. The molecule has 2 aliphatic rings. The van der Waals surface area contributed by atoms with Gasteiger partial charge < -0.3 is 10.1 Å². The van der Waals surface area contributed by atoms with E-state index in [-0.39, 0.29) is 0 Å². The smallest absolute Gasteiger partial charge is 0.256 e. The highest BCUT2D eigenvalue weighted by molar-refractivity contribution is 7.80. The van der Waals surface area contributed by atoms with E-state index in [4.69, 9.17) is 17.0 Å². The average molecular weight is 169 g/mol. The topological polar surface area (TPSA) is 21.3 Å². The molecule has 0 aromatic carbocycles. The predicted octanol–water partition coefficient (Wildman–Crippen LogP) is 1.23. The van der Waals surface area contributed by atoms with Gasteiger partial charge in [-0.2, -0.15) is 0 Å². The molecule has 11 heavy (non-hydrogen) atoms. The number of nitrogens with one attached hydrogen (secondary N) is 1. The lowest BCUT2D eigenvalue weighted by molar-refractivity contribution is 0.160. The van der Waals surface area contributed by atoms with Crippen LogP contribution in [-0.4, -0.2) is 17.8 Å². The van der Waals surface area contributed by atoms with Crippen molar-refractivity contribution < 1.29 is 4.74 Å². The second kappa shape index (κ2) is 2.81. The Hall–Kier alpha value is -0.570. The van der Waals surface area contributed by atoms with E-state index in [1.54, 1.807) is 0 Å². The molecule has 1 N–H and O–H groups in total. The lowest BCUT2D eigenvalue weighted by Crippen LogP contribution is -2.48. The summed E-state index contributed by atoms with van der Waals surface area (Å²) >= 11 is 4.92. The number of hydrogen-bond acceptors (Lipinski definition) is 2. The van der Waals surface area contributed by atoms with Crippen LogP contribution in [0.25, 0.3) is 0 Å². The van der Waals surface area contributed by atoms with E-state index < -0.39 is 0 Å². The van der Waals surface area contributed by atoms with Gasteiger partial charge in [-0.25, -0.2) is 0 Å². The molecule has 1 aliphatic heterocycles. The summed E-state index contributed by atoms with van der Waals surface area (Å²) < 4.78 is 5.23. The molecule has 60 valence electrons. The number of allylic oxidation sites excluding steroid dienone is 1. The van der Waals surface area contributed by atoms with Gasteiger partial charge in [0.2, 0.25) is 0 Å². The third-order valence-corrected chi connectivity index (χ3v) is 2.53. The van der Waals surface area contributed by atoms with Gasteiger partial charge in [0.25, 0.3) is 5.17 Å². The Bertz CT molecular complexity index is 202. The normalized spacial score (nSPS) is 35.5. The van der Waals surface area contributed by atoms with Gasteiger partial charge >= 0.3 is 0 Å². The Morgan fingerprint density at radius 2 is 2.27 bits per heavy atom. The van der Waals surface area contributed by atoms with Crippen molar-refractivity contribution in [3.63, 3.8) is 0 Å². The number of rotatable bonds is 0. The first kappa shape index (κ1) is 7.10. The SMILES string of the molecule is S=C1N[C@H]2CC=CC[C@H]2CO1. The van der Waals surface area contributed by atoms with E-state index in [9.17, 15) is 0 Å². The van der Waals surface area contributed by atoms with Crippen molar-refractivity contribution in [2.75, 3.05) is 6.61 Å². The molecule has 2 rings (SSSR count). The van der Waals surface area contributed by atoms with Gasteiger partial charge in [-0.3, -0.25) is 0 Å². The Kier molecular flexibility index (Phi) is 1.82. The number of hydrogen-bond donors (Lipinski definition) is 1. The fraction of sp³-hybridized carbons (Fsp3) is 0.625. The van der Waals surface area contributed by atoms with Crippen molar-refractivity contribution in [3.05, 3.63) is 12.2 Å². The zero-order chi connectivity index (χ0) is 7.68. The van der Waals surface area contributed by atoms with Crippen molar-refractivity contribution in [1.29, 1.82) is 0 Å².